The van der Waals surface area contributed by atoms with Crippen LogP contribution in [0.3, 0.4) is 0 Å². The number of rotatable bonds is 2. The summed E-state index contributed by atoms with van der Waals surface area (Å²) in [7, 11) is 1.63. The number of carbonyl (C=O) groups is 1. The van der Waals surface area contributed by atoms with Crippen LogP contribution in [0.15, 0.2) is 16.6 Å². The fourth-order valence-corrected chi connectivity index (χ4v) is 3.07. The van der Waals surface area contributed by atoms with E-state index in [1.165, 1.54) is 0 Å². The van der Waals surface area contributed by atoms with E-state index in [0.29, 0.717) is 16.3 Å². The van der Waals surface area contributed by atoms with Gasteiger partial charge in [-0.3, -0.25) is 0 Å². The van der Waals surface area contributed by atoms with Gasteiger partial charge in [-0.15, -0.1) is 0 Å². The minimum atomic E-state index is -1.27. The Morgan fingerprint density at radius 3 is 2.82 bits per heavy atom. The Labute approximate surface area is 143 Å². The second-order valence-electron chi connectivity index (χ2n) is 6.40. The molecule has 22 heavy (non-hydrogen) atoms. The Bertz CT molecular complexity index is 603. The molecule has 0 aliphatic carbocycles. The van der Waals surface area contributed by atoms with E-state index in [9.17, 15) is 9.90 Å². The number of hydrogen-bond donors (Lipinski definition) is 2. The molecule has 1 heterocycles. The number of nitrogens with one attached hydrogen (secondary N) is 1. The average Bonchev–Trinajstić information content (AvgIpc) is 2.57. The van der Waals surface area contributed by atoms with E-state index >= 15 is 0 Å². The number of ether oxygens (including phenoxy) is 2. The third-order valence-electron chi connectivity index (χ3n) is 3.27. The van der Waals surface area contributed by atoms with Crippen molar-refractivity contribution in [2.75, 3.05) is 6.54 Å². The zero-order valence-electron chi connectivity index (χ0n) is 12.9. The lowest BCUT2D eigenvalue weighted by molar-refractivity contribution is 0.0223. The van der Waals surface area contributed by atoms with Crippen LogP contribution >= 0.6 is 27.5 Å². The molecule has 8 heteroatoms. The summed E-state index contributed by atoms with van der Waals surface area (Å²) in [5.41, 5.74) is -1.26. The third kappa shape index (κ3) is 3.70. The lowest BCUT2D eigenvalue weighted by Gasteiger charge is -2.26. The highest BCUT2D eigenvalue weighted by molar-refractivity contribution is 9.10. The monoisotopic (exact) mass is 389 g/mol. The van der Waals surface area contributed by atoms with Crippen LogP contribution in [0.5, 0.6) is 5.75 Å². The summed E-state index contributed by atoms with van der Waals surface area (Å²) in [6.07, 6.45) is -1.21. The molecule has 120 valence electrons. The maximum Gasteiger partial charge on any atom is 0.407 e. The fourth-order valence-electron chi connectivity index (χ4n) is 2.22. The van der Waals surface area contributed by atoms with E-state index in [4.69, 9.17) is 21.1 Å². The Morgan fingerprint density at radius 2 is 2.23 bits per heavy atom. The number of carbonyl (C=O) groups excluding carboxylic acids is 1. The van der Waals surface area contributed by atoms with Gasteiger partial charge >= 0.3 is 6.09 Å². The Balaban J connectivity index is 2.09. The quantitative estimate of drug-likeness (QED) is 0.760. The van der Waals surface area contributed by atoms with Gasteiger partial charge in [0.05, 0.1) is 17.1 Å². The highest BCUT2D eigenvalue weighted by Gasteiger charge is 2.45. The molecule has 1 aliphatic heterocycles. The molecule has 0 bridgehead atoms. The molecule has 2 unspecified atom stereocenters. The summed E-state index contributed by atoms with van der Waals surface area (Å²) in [6.45, 7) is 5.44. The summed E-state index contributed by atoms with van der Waals surface area (Å²) in [6, 6.07) is 3.45. The Hall–Kier alpha value is -0.915. The van der Waals surface area contributed by atoms with Crippen molar-refractivity contribution in [1.29, 1.82) is 0 Å². The summed E-state index contributed by atoms with van der Waals surface area (Å²) in [4.78, 5) is 11.7. The molecule has 5 nitrogen and oxygen atoms in total. The van der Waals surface area contributed by atoms with Crippen molar-refractivity contribution in [3.63, 3.8) is 0 Å². The van der Waals surface area contributed by atoms with E-state index < -0.39 is 23.3 Å². The molecule has 1 aromatic carbocycles. The number of halogens is 2. The van der Waals surface area contributed by atoms with E-state index in [2.05, 4.69) is 21.2 Å². The second kappa shape index (κ2) is 5.94. The van der Waals surface area contributed by atoms with E-state index in [0.717, 1.165) is 4.47 Å². The number of amides is 1. The molecule has 2 rings (SSSR count). The smallest absolute Gasteiger partial charge is 0.407 e. The topological polar surface area (TPSA) is 67.8 Å². The van der Waals surface area contributed by atoms with Crippen LogP contribution in [-0.2, 0) is 10.2 Å². The van der Waals surface area contributed by atoms with Crippen LogP contribution in [0, 0.1) is 0 Å². The lowest BCUT2D eigenvalue weighted by atomic mass is 9.73. The van der Waals surface area contributed by atoms with Crippen molar-refractivity contribution in [2.24, 2.45) is 0 Å². The first kappa shape index (κ1) is 17.4. The van der Waals surface area contributed by atoms with Gasteiger partial charge in [0.2, 0.25) is 0 Å². The van der Waals surface area contributed by atoms with Gasteiger partial charge in [-0.05, 0) is 32.9 Å². The molecular weight excluding hydrogens is 372 g/mol. The molecular formula is C14H18BBrClNO4. The first-order chi connectivity index (χ1) is 10.0. The van der Waals surface area contributed by atoms with Crippen LogP contribution in [0.4, 0.5) is 4.79 Å². The highest BCUT2D eigenvalue weighted by Crippen LogP contribution is 2.45. The predicted octanol–water partition coefficient (Wildman–Crippen LogP) is 2.17. The van der Waals surface area contributed by atoms with Crippen molar-refractivity contribution in [1.82, 2.24) is 5.32 Å². The normalized spacial score (nSPS) is 23.6. The van der Waals surface area contributed by atoms with Gasteiger partial charge < -0.3 is 19.9 Å². The van der Waals surface area contributed by atoms with Crippen LogP contribution in [0.1, 0.15) is 26.3 Å². The molecule has 1 aromatic rings. The zero-order valence-corrected chi connectivity index (χ0v) is 15.2. The molecule has 2 atom stereocenters. The fraction of sp³-hybridized carbons (Fsp3) is 0.500. The predicted molar refractivity (Wildman–Crippen MR) is 90.2 cm³/mol. The SMILES string of the molecule is BC1(O)c2cc(Br)cc(Cl)c2OC1CNC(=O)OC(C)(C)C. The average molecular weight is 390 g/mol. The molecule has 2 N–H and O–H groups in total. The van der Waals surface area contributed by atoms with E-state index in [1.807, 2.05) is 0 Å². The Kier molecular flexibility index (Phi) is 4.71. The first-order valence-electron chi connectivity index (χ1n) is 6.86. The van der Waals surface area contributed by atoms with Crippen LogP contribution < -0.4 is 10.1 Å². The second-order valence-corrected chi connectivity index (χ2v) is 7.72. The van der Waals surface area contributed by atoms with E-state index in [1.54, 1.807) is 40.8 Å². The van der Waals surface area contributed by atoms with Gasteiger partial charge in [-0.25, -0.2) is 4.79 Å². The summed E-state index contributed by atoms with van der Waals surface area (Å²) >= 11 is 9.48. The molecule has 0 aromatic heterocycles. The number of hydrogen-bond acceptors (Lipinski definition) is 4. The molecule has 0 saturated carbocycles. The maximum absolute atomic E-state index is 11.7. The van der Waals surface area contributed by atoms with Crippen molar-refractivity contribution in [3.05, 3.63) is 27.2 Å². The van der Waals surface area contributed by atoms with Gasteiger partial charge in [0.25, 0.3) is 0 Å². The summed E-state index contributed by atoms with van der Waals surface area (Å²) in [5.74, 6) is 0.436. The van der Waals surface area contributed by atoms with Crippen molar-refractivity contribution in [2.45, 2.75) is 38.0 Å². The molecule has 0 fully saturated rings. The van der Waals surface area contributed by atoms with Crippen LogP contribution in [-0.4, -0.2) is 37.3 Å². The van der Waals surface area contributed by atoms with Crippen molar-refractivity contribution >= 4 is 41.5 Å². The molecule has 1 amide bonds. The molecule has 0 saturated heterocycles. The largest absolute Gasteiger partial charge is 0.484 e. The van der Waals surface area contributed by atoms with Gasteiger partial charge in [0, 0.05) is 10.0 Å². The van der Waals surface area contributed by atoms with E-state index in [-0.39, 0.29) is 6.54 Å². The minimum Gasteiger partial charge on any atom is -0.484 e. The van der Waals surface area contributed by atoms with Crippen molar-refractivity contribution < 1.29 is 19.4 Å². The highest BCUT2D eigenvalue weighted by atomic mass is 79.9. The van der Waals surface area contributed by atoms with Crippen LogP contribution in [0.25, 0.3) is 0 Å². The van der Waals surface area contributed by atoms with Gasteiger partial charge in [-0.2, -0.15) is 0 Å². The maximum atomic E-state index is 11.7. The lowest BCUT2D eigenvalue weighted by Crippen LogP contribution is -2.47. The van der Waals surface area contributed by atoms with Crippen LogP contribution in [0.2, 0.25) is 5.02 Å². The van der Waals surface area contributed by atoms with Gasteiger partial charge in [-0.1, -0.05) is 27.5 Å². The van der Waals surface area contributed by atoms with Gasteiger partial charge in [0.15, 0.2) is 7.85 Å². The van der Waals surface area contributed by atoms with Crippen molar-refractivity contribution in [3.8, 4) is 5.75 Å². The summed E-state index contributed by atoms with van der Waals surface area (Å²) < 4.78 is 11.6. The number of alkyl carbamates (subject to hydrolysis) is 1. The minimum absolute atomic E-state index is 0.102. The summed E-state index contributed by atoms with van der Waals surface area (Å²) in [5, 5.41) is 13.7. The molecule has 1 aliphatic rings. The molecule has 0 radical (unpaired) electrons. The number of benzene rings is 1. The molecule has 0 spiro atoms. The third-order valence-corrected chi connectivity index (χ3v) is 4.01. The number of fused-ring (bicyclic) bond motifs is 1. The van der Waals surface area contributed by atoms with Gasteiger partial charge in [0.1, 0.15) is 17.5 Å². The number of aliphatic hydroxyl groups is 1. The first-order valence-corrected chi connectivity index (χ1v) is 8.03. The standard InChI is InChI=1S/C14H18BBrClNO4/c1-13(2,3)22-12(19)18-6-10-14(15,20)8-4-7(16)5-9(17)11(8)21-10/h4-5,10,20H,6,15H2,1-3H3,(H,18,19). The zero-order chi connectivity index (χ0) is 16.7. The Morgan fingerprint density at radius 1 is 1.59 bits per heavy atom.